The highest BCUT2D eigenvalue weighted by atomic mass is 16.5. The molecule has 1 aliphatic rings. The van der Waals surface area contributed by atoms with Crippen LogP contribution in [0.3, 0.4) is 0 Å². The highest BCUT2D eigenvalue weighted by molar-refractivity contribution is 5.97. The van der Waals surface area contributed by atoms with E-state index in [0.29, 0.717) is 36.8 Å². The lowest BCUT2D eigenvalue weighted by molar-refractivity contribution is -0.131. The molecule has 0 spiro atoms. The molecule has 2 amide bonds. The van der Waals surface area contributed by atoms with E-state index >= 15 is 0 Å². The van der Waals surface area contributed by atoms with Crippen molar-refractivity contribution in [1.29, 1.82) is 0 Å². The molecule has 150 valence electrons. The van der Waals surface area contributed by atoms with Crippen LogP contribution in [0, 0.1) is 13.8 Å². The van der Waals surface area contributed by atoms with Crippen LogP contribution in [0.15, 0.2) is 40.8 Å². The van der Waals surface area contributed by atoms with Crippen molar-refractivity contribution in [3.63, 3.8) is 0 Å². The summed E-state index contributed by atoms with van der Waals surface area (Å²) in [5.74, 6) is 1.77. The molecule has 1 fully saturated rings. The SMILES string of the molecule is Cc1cc(C(=O)NCC(=O)N2CCN(CCOc3ccccc3)CC2)c(C)o1. The van der Waals surface area contributed by atoms with Crippen molar-refractivity contribution in [1.82, 2.24) is 15.1 Å². The number of carbonyl (C=O) groups excluding carboxylic acids is 2. The molecule has 3 rings (SSSR count). The van der Waals surface area contributed by atoms with Crippen LogP contribution in [0.1, 0.15) is 21.9 Å². The van der Waals surface area contributed by atoms with Crippen LogP contribution in [0.2, 0.25) is 0 Å². The van der Waals surface area contributed by atoms with Crippen molar-refractivity contribution in [3.8, 4) is 5.75 Å². The lowest BCUT2D eigenvalue weighted by Crippen LogP contribution is -2.51. The molecule has 1 aromatic carbocycles. The van der Waals surface area contributed by atoms with Gasteiger partial charge in [-0.25, -0.2) is 0 Å². The first-order chi connectivity index (χ1) is 13.5. The summed E-state index contributed by atoms with van der Waals surface area (Å²) in [6, 6.07) is 11.4. The summed E-state index contributed by atoms with van der Waals surface area (Å²) in [7, 11) is 0. The molecule has 2 heterocycles. The highest BCUT2D eigenvalue weighted by Gasteiger charge is 2.22. The molecule has 1 N–H and O–H groups in total. The van der Waals surface area contributed by atoms with E-state index in [4.69, 9.17) is 9.15 Å². The molecule has 0 aliphatic carbocycles. The number of carbonyl (C=O) groups is 2. The van der Waals surface area contributed by atoms with E-state index in [0.717, 1.165) is 25.4 Å². The summed E-state index contributed by atoms with van der Waals surface area (Å²) < 4.78 is 11.1. The summed E-state index contributed by atoms with van der Waals surface area (Å²) in [4.78, 5) is 28.6. The molecule has 1 aromatic heterocycles. The smallest absolute Gasteiger partial charge is 0.255 e. The van der Waals surface area contributed by atoms with Crippen LogP contribution in [0.5, 0.6) is 5.75 Å². The molecule has 1 aliphatic heterocycles. The number of nitrogens with one attached hydrogen (secondary N) is 1. The normalized spacial score (nSPS) is 14.7. The van der Waals surface area contributed by atoms with E-state index in [2.05, 4.69) is 10.2 Å². The van der Waals surface area contributed by atoms with Gasteiger partial charge in [0.2, 0.25) is 5.91 Å². The van der Waals surface area contributed by atoms with Crippen LogP contribution >= 0.6 is 0 Å². The standard InChI is InChI=1S/C21H27N3O4/c1-16-14-19(17(2)28-16)21(26)22-15-20(25)24-10-8-23(9-11-24)12-13-27-18-6-4-3-5-7-18/h3-7,14H,8-13,15H2,1-2H3,(H,22,26). The maximum absolute atomic E-state index is 12.4. The third-order valence-corrected chi connectivity index (χ3v) is 4.83. The molecule has 7 heteroatoms. The second-order valence-electron chi connectivity index (χ2n) is 6.89. The Bertz CT molecular complexity index is 795. The number of hydrogen-bond acceptors (Lipinski definition) is 5. The number of para-hydroxylation sites is 1. The molecule has 0 bridgehead atoms. The Morgan fingerprint density at radius 2 is 1.82 bits per heavy atom. The van der Waals surface area contributed by atoms with Gasteiger partial charge in [-0.3, -0.25) is 14.5 Å². The van der Waals surface area contributed by atoms with Crippen molar-refractivity contribution in [2.24, 2.45) is 0 Å². The number of ether oxygens (including phenoxy) is 1. The number of amides is 2. The van der Waals surface area contributed by atoms with E-state index in [1.54, 1.807) is 24.8 Å². The fourth-order valence-corrected chi connectivity index (χ4v) is 3.25. The van der Waals surface area contributed by atoms with E-state index in [9.17, 15) is 9.59 Å². The summed E-state index contributed by atoms with van der Waals surface area (Å²) in [5, 5.41) is 2.69. The topological polar surface area (TPSA) is 75.0 Å². The van der Waals surface area contributed by atoms with E-state index in [-0.39, 0.29) is 18.4 Å². The van der Waals surface area contributed by atoms with Gasteiger partial charge in [0.1, 0.15) is 23.9 Å². The largest absolute Gasteiger partial charge is 0.492 e. The van der Waals surface area contributed by atoms with Gasteiger partial charge in [0.05, 0.1) is 12.1 Å². The molecule has 1 saturated heterocycles. The number of rotatable bonds is 7. The molecule has 0 saturated carbocycles. The van der Waals surface area contributed by atoms with Crippen molar-refractivity contribution in [2.75, 3.05) is 45.9 Å². The molecule has 2 aromatic rings. The Morgan fingerprint density at radius 1 is 1.11 bits per heavy atom. The van der Waals surface area contributed by atoms with Gasteiger partial charge in [-0.2, -0.15) is 0 Å². The van der Waals surface area contributed by atoms with Crippen molar-refractivity contribution in [2.45, 2.75) is 13.8 Å². The lowest BCUT2D eigenvalue weighted by atomic mass is 10.2. The maximum atomic E-state index is 12.4. The second-order valence-corrected chi connectivity index (χ2v) is 6.89. The Hall–Kier alpha value is -2.80. The molecule has 0 radical (unpaired) electrons. The summed E-state index contributed by atoms with van der Waals surface area (Å²) in [6.07, 6.45) is 0. The predicted octanol–water partition coefficient (Wildman–Crippen LogP) is 1.85. The molecular weight excluding hydrogens is 358 g/mol. The number of benzene rings is 1. The third-order valence-electron chi connectivity index (χ3n) is 4.83. The number of hydrogen-bond donors (Lipinski definition) is 1. The number of furan rings is 1. The van der Waals surface area contributed by atoms with Gasteiger partial charge in [-0.15, -0.1) is 0 Å². The van der Waals surface area contributed by atoms with Crippen LogP contribution in [-0.4, -0.2) is 67.5 Å². The minimum absolute atomic E-state index is 0.000378. The lowest BCUT2D eigenvalue weighted by Gasteiger charge is -2.34. The first kappa shape index (κ1) is 19.9. The average molecular weight is 385 g/mol. The Kier molecular flexibility index (Phi) is 6.71. The van der Waals surface area contributed by atoms with Crippen LogP contribution in [0.4, 0.5) is 0 Å². The monoisotopic (exact) mass is 385 g/mol. The van der Waals surface area contributed by atoms with Crippen molar-refractivity contribution >= 4 is 11.8 Å². The first-order valence-electron chi connectivity index (χ1n) is 9.56. The predicted molar refractivity (Wildman–Crippen MR) is 105 cm³/mol. The van der Waals surface area contributed by atoms with Gasteiger partial charge in [0.25, 0.3) is 5.91 Å². The first-order valence-corrected chi connectivity index (χ1v) is 9.56. The molecule has 7 nitrogen and oxygen atoms in total. The number of aryl methyl sites for hydroxylation is 2. The molecule has 0 atom stereocenters. The van der Waals surface area contributed by atoms with Crippen LogP contribution in [0.25, 0.3) is 0 Å². The Labute approximate surface area is 165 Å². The highest BCUT2D eigenvalue weighted by Crippen LogP contribution is 2.13. The molecule has 28 heavy (non-hydrogen) atoms. The summed E-state index contributed by atoms with van der Waals surface area (Å²) >= 11 is 0. The zero-order chi connectivity index (χ0) is 19.9. The van der Waals surface area contributed by atoms with E-state index in [1.807, 2.05) is 30.3 Å². The van der Waals surface area contributed by atoms with Gasteiger partial charge in [-0.1, -0.05) is 18.2 Å². The van der Waals surface area contributed by atoms with E-state index < -0.39 is 0 Å². The van der Waals surface area contributed by atoms with Crippen molar-refractivity contribution in [3.05, 3.63) is 53.5 Å². The van der Waals surface area contributed by atoms with E-state index in [1.165, 1.54) is 0 Å². The van der Waals surface area contributed by atoms with Gasteiger partial charge in [0, 0.05) is 32.7 Å². The molecular formula is C21H27N3O4. The summed E-state index contributed by atoms with van der Waals surface area (Å²) in [6.45, 7) is 7.90. The zero-order valence-corrected chi connectivity index (χ0v) is 16.4. The minimum atomic E-state index is -0.278. The van der Waals surface area contributed by atoms with Crippen LogP contribution in [-0.2, 0) is 4.79 Å². The molecule has 0 unspecified atom stereocenters. The fourth-order valence-electron chi connectivity index (χ4n) is 3.25. The summed E-state index contributed by atoms with van der Waals surface area (Å²) in [5.41, 5.74) is 0.480. The minimum Gasteiger partial charge on any atom is -0.492 e. The van der Waals surface area contributed by atoms with Gasteiger partial charge < -0.3 is 19.4 Å². The number of nitrogens with zero attached hydrogens (tertiary/aromatic N) is 2. The third kappa shape index (κ3) is 5.36. The average Bonchev–Trinajstić information content (AvgIpc) is 3.05. The second kappa shape index (κ2) is 9.41. The van der Waals surface area contributed by atoms with Crippen molar-refractivity contribution < 1.29 is 18.7 Å². The number of piperazine rings is 1. The zero-order valence-electron chi connectivity index (χ0n) is 16.4. The van der Waals surface area contributed by atoms with Gasteiger partial charge in [0.15, 0.2) is 0 Å². The maximum Gasteiger partial charge on any atom is 0.255 e. The quantitative estimate of drug-likeness (QED) is 0.787. The van der Waals surface area contributed by atoms with Gasteiger partial charge in [-0.05, 0) is 32.0 Å². The van der Waals surface area contributed by atoms with Gasteiger partial charge >= 0.3 is 0 Å². The van der Waals surface area contributed by atoms with Crippen LogP contribution < -0.4 is 10.1 Å². The fraction of sp³-hybridized carbons (Fsp3) is 0.429. The Morgan fingerprint density at radius 3 is 2.46 bits per heavy atom. The Balaban J connectivity index is 1.35.